The largest absolute Gasteiger partial charge is 0.418 e. The van der Waals surface area contributed by atoms with E-state index in [2.05, 4.69) is 25.4 Å². The van der Waals surface area contributed by atoms with Gasteiger partial charge in [-0.3, -0.25) is 9.78 Å². The van der Waals surface area contributed by atoms with Crippen molar-refractivity contribution in [3.8, 4) is 0 Å². The van der Waals surface area contributed by atoms with Crippen LogP contribution in [0.15, 0.2) is 48.7 Å². The zero-order chi connectivity index (χ0) is 23.8. The molecular weight excluding hydrogens is 440 g/mol. The number of fused-ring (bicyclic) bond motifs is 1. The third-order valence-corrected chi connectivity index (χ3v) is 4.98. The van der Waals surface area contributed by atoms with Gasteiger partial charge in [0.05, 0.1) is 17.3 Å². The Morgan fingerprint density at radius 3 is 2.52 bits per heavy atom. The molecule has 3 heterocycles. The number of nitrogens with zero attached hydrogens (tertiary/aromatic N) is 5. The highest BCUT2D eigenvalue weighted by Crippen LogP contribution is 2.35. The van der Waals surface area contributed by atoms with Gasteiger partial charge in [-0.15, -0.1) is 5.10 Å². The van der Waals surface area contributed by atoms with Gasteiger partial charge in [-0.05, 0) is 43.2 Å². The smallest absolute Gasteiger partial charge is 0.337 e. The minimum Gasteiger partial charge on any atom is -0.337 e. The van der Waals surface area contributed by atoms with E-state index in [9.17, 15) is 22.4 Å². The minimum atomic E-state index is -4.70. The highest BCUT2D eigenvalue weighted by molar-refractivity contribution is 5.91. The van der Waals surface area contributed by atoms with E-state index in [4.69, 9.17) is 0 Å². The van der Waals surface area contributed by atoms with E-state index in [1.165, 1.54) is 35.0 Å². The van der Waals surface area contributed by atoms with Crippen molar-refractivity contribution in [2.45, 2.75) is 32.7 Å². The molecule has 0 saturated heterocycles. The van der Waals surface area contributed by atoms with Crippen LogP contribution in [-0.4, -0.2) is 30.5 Å². The highest BCUT2D eigenvalue weighted by Gasteiger charge is 2.37. The Labute approximate surface area is 185 Å². The van der Waals surface area contributed by atoms with E-state index < -0.39 is 36.1 Å². The Morgan fingerprint density at radius 2 is 1.85 bits per heavy atom. The van der Waals surface area contributed by atoms with Gasteiger partial charge in [-0.1, -0.05) is 24.3 Å². The summed E-state index contributed by atoms with van der Waals surface area (Å²) in [6.07, 6.45) is -3.50. The number of alkyl halides is 4. The molecule has 0 spiro atoms. The summed E-state index contributed by atoms with van der Waals surface area (Å²) in [6, 6.07) is 8.28. The van der Waals surface area contributed by atoms with Crippen LogP contribution in [-0.2, 0) is 12.9 Å². The molecule has 0 fully saturated rings. The minimum absolute atomic E-state index is 0.190. The number of pyridine rings is 1. The number of benzene rings is 1. The van der Waals surface area contributed by atoms with Crippen LogP contribution in [0.25, 0.3) is 5.78 Å². The normalized spacial score (nSPS) is 12.7. The lowest BCUT2D eigenvalue weighted by atomic mass is 9.98. The second-order valence-electron chi connectivity index (χ2n) is 7.40. The number of carbonyl (C=O) groups is 1. The van der Waals surface area contributed by atoms with Gasteiger partial charge in [0.2, 0.25) is 5.82 Å². The van der Waals surface area contributed by atoms with Crippen LogP contribution >= 0.6 is 0 Å². The van der Waals surface area contributed by atoms with Crippen LogP contribution < -0.4 is 5.32 Å². The van der Waals surface area contributed by atoms with Crippen molar-refractivity contribution in [1.29, 1.82) is 0 Å². The third-order valence-electron chi connectivity index (χ3n) is 4.98. The van der Waals surface area contributed by atoms with Crippen molar-refractivity contribution in [2.75, 3.05) is 0 Å². The van der Waals surface area contributed by atoms with Crippen LogP contribution in [0.4, 0.5) is 17.6 Å². The predicted molar refractivity (Wildman–Crippen MR) is 110 cm³/mol. The fraction of sp³-hybridized carbons (Fsp3) is 0.227. The van der Waals surface area contributed by atoms with E-state index in [0.29, 0.717) is 22.5 Å². The molecule has 1 atom stereocenters. The maximum absolute atomic E-state index is 13.7. The first-order valence-corrected chi connectivity index (χ1v) is 9.86. The Balaban J connectivity index is 1.77. The molecule has 0 unspecified atom stereocenters. The highest BCUT2D eigenvalue weighted by atomic mass is 19.4. The summed E-state index contributed by atoms with van der Waals surface area (Å²) >= 11 is 0. The molecule has 4 aromatic rings. The van der Waals surface area contributed by atoms with Gasteiger partial charge in [-0.25, -0.2) is 13.9 Å². The fourth-order valence-electron chi connectivity index (χ4n) is 3.45. The van der Waals surface area contributed by atoms with Crippen LogP contribution in [0.2, 0.25) is 0 Å². The SMILES string of the molecule is Cc1cc(C)n2nc(C(=O)N[C@@H](c3ccc(CF)cc3)c3ncccc3C(F)(F)F)nc2n1. The maximum atomic E-state index is 13.7. The maximum Gasteiger partial charge on any atom is 0.418 e. The Hall–Kier alpha value is -3.89. The van der Waals surface area contributed by atoms with E-state index in [1.54, 1.807) is 19.9 Å². The van der Waals surface area contributed by atoms with Crippen molar-refractivity contribution in [3.63, 3.8) is 0 Å². The van der Waals surface area contributed by atoms with Crippen molar-refractivity contribution in [2.24, 2.45) is 0 Å². The van der Waals surface area contributed by atoms with Crippen molar-refractivity contribution >= 4 is 11.7 Å². The molecule has 170 valence electrons. The number of rotatable bonds is 5. The lowest BCUT2D eigenvalue weighted by Gasteiger charge is -2.22. The summed E-state index contributed by atoms with van der Waals surface area (Å²) < 4.78 is 55.4. The van der Waals surface area contributed by atoms with Gasteiger partial charge in [0.15, 0.2) is 0 Å². The average molecular weight is 458 g/mol. The Kier molecular flexibility index (Phi) is 5.79. The summed E-state index contributed by atoms with van der Waals surface area (Å²) in [6.45, 7) is 2.79. The zero-order valence-corrected chi connectivity index (χ0v) is 17.6. The molecule has 0 aliphatic heterocycles. The molecule has 0 aliphatic carbocycles. The molecule has 1 aromatic carbocycles. The molecule has 0 bridgehead atoms. The van der Waals surface area contributed by atoms with Crippen molar-refractivity contribution < 1.29 is 22.4 Å². The van der Waals surface area contributed by atoms with Crippen LogP contribution in [0, 0.1) is 13.8 Å². The third kappa shape index (κ3) is 4.52. The molecule has 4 rings (SSSR count). The summed E-state index contributed by atoms with van der Waals surface area (Å²) in [5.41, 5.74) is 0.597. The molecule has 0 saturated carbocycles. The summed E-state index contributed by atoms with van der Waals surface area (Å²) in [7, 11) is 0. The predicted octanol–water partition coefficient (Wildman–Crippen LogP) is 4.14. The number of aromatic nitrogens is 5. The first-order valence-electron chi connectivity index (χ1n) is 9.86. The topological polar surface area (TPSA) is 85.1 Å². The fourth-order valence-corrected chi connectivity index (χ4v) is 3.45. The summed E-state index contributed by atoms with van der Waals surface area (Å²) in [4.78, 5) is 25.2. The number of hydrogen-bond acceptors (Lipinski definition) is 5. The molecule has 1 amide bonds. The van der Waals surface area contributed by atoms with Gasteiger partial charge in [0.1, 0.15) is 6.67 Å². The lowest BCUT2D eigenvalue weighted by molar-refractivity contribution is -0.138. The van der Waals surface area contributed by atoms with Crippen LogP contribution in [0.1, 0.15) is 50.4 Å². The van der Waals surface area contributed by atoms with Gasteiger partial charge in [0.25, 0.3) is 11.7 Å². The summed E-state index contributed by atoms with van der Waals surface area (Å²) in [5.74, 6) is -0.878. The second kappa shape index (κ2) is 8.57. The Morgan fingerprint density at radius 1 is 1.12 bits per heavy atom. The Bertz CT molecular complexity index is 1320. The quantitative estimate of drug-likeness (QED) is 0.455. The molecule has 7 nitrogen and oxygen atoms in total. The van der Waals surface area contributed by atoms with Crippen LogP contribution in [0.5, 0.6) is 0 Å². The van der Waals surface area contributed by atoms with Crippen molar-refractivity contribution in [3.05, 3.63) is 88.3 Å². The molecule has 0 aliphatic rings. The number of carbonyl (C=O) groups excluding carboxylic acids is 1. The first-order chi connectivity index (χ1) is 15.7. The standard InChI is InChI=1S/C22H18F4N6O/c1-12-10-13(2)32-21(28-12)30-19(31-32)20(33)29-17(15-7-5-14(11-23)6-8-15)18-16(22(24,25)26)4-3-9-27-18/h3-10,17H,11H2,1-2H3,(H,29,33)/t17-/m0/s1. The van der Waals surface area contributed by atoms with Gasteiger partial charge in [-0.2, -0.15) is 18.2 Å². The van der Waals surface area contributed by atoms with Gasteiger partial charge < -0.3 is 5.32 Å². The monoisotopic (exact) mass is 458 g/mol. The van der Waals surface area contributed by atoms with Crippen LogP contribution in [0.3, 0.4) is 0 Å². The molecule has 3 aromatic heterocycles. The first kappa shape index (κ1) is 22.3. The van der Waals surface area contributed by atoms with Gasteiger partial charge in [0, 0.05) is 17.6 Å². The van der Waals surface area contributed by atoms with E-state index >= 15 is 0 Å². The van der Waals surface area contributed by atoms with E-state index in [-0.39, 0.29) is 11.6 Å². The lowest BCUT2D eigenvalue weighted by Crippen LogP contribution is -2.32. The van der Waals surface area contributed by atoms with Gasteiger partial charge >= 0.3 is 6.18 Å². The number of aryl methyl sites for hydroxylation is 2. The molecule has 1 N–H and O–H groups in total. The van der Waals surface area contributed by atoms with Crippen molar-refractivity contribution in [1.82, 2.24) is 29.9 Å². The average Bonchev–Trinajstić information content (AvgIpc) is 3.21. The number of hydrogen-bond donors (Lipinski definition) is 1. The molecule has 33 heavy (non-hydrogen) atoms. The molecule has 11 heteroatoms. The number of nitrogens with one attached hydrogen (secondary N) is 1. The zero-order valence-electron chi connectivity index (χ0n) is 17.6. The van der Waals surface area contributed by atoms with E-state index in [1.807, 2.05) is 0 Å². The molecule has 0 radical (unpaired) electrons. The second-order valence-corrected chi connectivity index (χ2v) is 7.40. The number of halogens is 4. The van der Waals surface area contributed by atoms with E-state index in [0.717, 1.165) is 12.1 Å². The number of amides is 1. The molecular formula is C22H18F4N6O. The summed E-state index contributed by atoms with van der Waals surface area (Å²) in [5, 5.41) is 6.68.